The van der Waals surface area contributed by atoms with E-state index in [1.165, 1.54) is 16.8 Å². The van der Waals surface area contributed by atoms with Crippen LogP contribution < -0.4 is 5.56 Å². The molecule has 0 unspecified atom stereocenters. The first-order valence-corrected chi connectivity index (χ1v) is 10.6. The first kappa shape index (κ1) is 21.6. The molecule has 4 rings (SSSR count). The van der Waals surface area contributed by atoms with Crippen molar-refractivity contribution in [2.45, 2.75) is 33.2 Å². The average Bonchev–Trinajstić information content (AvgIpc) is 2.81. The highest BCUT2D eigenvalue weighted by Gasteiger charge is 2.20. The topological polar surface area (TPSA) is 63.9 Å². The van der Waals surface area contributed by atoms with E-state index in [0.29, 0.717) is 24.4 Å². The molecule has 0 amide bonds. The van der Waals surface area contributed by atoms with Crippen LogP contribution in [0.5, 0.6) is 0 Å². The SMILES string of the molecule is C=C(/C(C)=C\c1nccc(=O)n1C)N1CCc2ncc(-c3cnc(F)c(CC)c3)cc2C1. The molecule has 164 valence electrons. The Morgan fingerprint density at radius 2 is 1.97 bits per heavy atom. The predicted molar refractivity (Wildman–Crippen MR) is 123 cm³/mol. The molecule has 0 aromatic carbocycles. The normalized spacial score (nSPS) is 13.8. The van der Waals surface area contributed by atoms with Crippen LogP contribution in [0.25, 0.3) is 17.2 Å². The predicted octanol–water partition coefficient (Wildman–Crippen LogP) is 3.91. The van der Waals surface area contributed by atoms with E-state index in [1.807, 2.05) is 32.2 Å². The Balaban J connectivity index is 1.58. The molecular weight excluding hydrogens is 405 g/mol. The highest BCUT2D eigenvalue weighted by molar-refractivity contribution is 5.63. The van der Waals surface area contributed by atoms with Crippen molar-refractivity contribution >= 4 is 6.08 Å². The van der Waals surface area contributed by atoms with Crippen LogP contribution in [0.3, 0.4) is 0 Å². The molecule has 0 bridgehead atoms. The summed E-state index contributed by atoms with van der Waals surface area (Å²) in [5.41, 5.74) is 6.30. The van der Waals surface area contributed by atoms with E-state index in [9.17, 15) is 9.18 Å². The van der Waals surface area contributed by atoms with Gasteiger partial charge in [0.15, 0.2) is 0 Å². The second-order valence-corrected chi connectivity index (χ2v) is 8.00. The number of aryl methyl sites for hydroxylation is 1. The molecule has 0 fully saturated rings. The molecule has 6 nitrogen and oxygen atoms in total. The molecule has 3 aromatic rings. The molecular formula is C25H26FN5O. The fraction of sp³-hybridized carbons (Fsp3) is 0.280. The van der Waals surface area contributed by atoms with Gasteiger partial charge in [0.05, 0.1) is 0 Å². The average molecular weight is 432 g/mol. The van der Waals surface area contributed by atoms with Gasteiger partial charge in [-0.05, 0) is 42.7 Å². The Kier molecular flexibility index (Phi) is 5.99. The van der Waals surface area contributed by atoms with Crippen molar-refractivity contribution in [3.8, 4) is 11.1 Å². The van der Waals surface area contributed by atoms with E-state index in [0.717, 1.165) is 46.6 Å². The van der Waals surface area contributed by atoms with Crippen LogP contribution in [-0.2, 0) is 26.4 Å². The lowest BCUT2D eigenvalue weighted by Crippen LogP contribution is -2.30. The van der Waals surface area contributed by atoms with Crippen molar-refractivity contribution in [3.05, 3.63) is 93.6 Å². The van der Waals surface area contributed by atoms with Crippen LogP contribution in [0, 0.1) is 5.95 Å². The van der Waals surface area contributed by atoms with Gasteiger partial charge in [-0.25, -0.2) is 9.97 Å². The lowest BCUT2D eigenvalue weighted by Gasteiger charge is -2.32. The fourth-order valence-corrected chi connectivity index (χ4v) is 3.86. The smallest absolute Gasteiger partial charge is 0.253 e. The number of hydrogen-bond donors (Lipinski definition) is 0. The second kappa shape index (κ2) is 8.86. The largest absolute Gasteiger partial charge is 0.367 e. The zero-order chi connectivity index (χ0) is 22.8. The zero-order valence-corrected chi connectivity index (χ0v) is 18.6. The molecule has 0 radical (unpaired) electrons. The maximum absolute atomic E-state index is 13.8. The van der Waals surface area contributed by atoms with Crippen molar-refractivity contribution in [1.82, 2.24) is 24.4 Å². The lowest BCUT2D eigenvalue weighted by atomic mass is 9.99. The van der Waals surface area contributed by atoms with Crippen LogP contribution in [0.15, 0.2) is 59.4 Å². The van der Waals surface area contributed by atoms with Crippen molar-refractivity contribution in [1.29, 1.82) is 0 Å². The number of hydrogen-bond acceptors (Lipinski definition) is 5. The number of fused-ring (bicyclic) bond motifs is 1. The third-order valence-corrected chi connectivity index (χ3v) is 5.95. The highest BCUT2D eigenvalue weighted by atomic mass is 19.1. The van der Waals surface area contributed by atoms with E-state index >= 15 is 0 Å². The van der Waals surface area contributed by atoms with Gasteiger partial charge in [-0.2, -0.15) is 4.39 Å². The fourth-order valence-electron chi connectivity index (χ4n) is 3.86. The van der Waals surface area contributed by atoms with Gasteiger partial charge in [-0.15, -0.1) is 0 Å². The summed E-state index contributed by atoms with van der Waals surface area (Å²) in [4.78, 5) is 26.9. The monoisotopic (exact) mass is 431 g/mol. The summed E-state index contributed by atoms with van der Waals surface area (Å²) >= 11 is 0. The first-order chi connectivity index (χ1) is 15.4. The van der Waals surface area contributed by atoms with E-state index in [-0.39, 0.29) is 5.56 Å². The number of nitrogens with zero attached hydrogens (tertiary/aromatic N) is 5. The molecule has 0 aliphatic carbocycles. The highest BCUT2D eigenvalue weighted by Crippen LogP contribution is 2.28. The molecule has 3 aromatic heterocycles. The summed E-state index contributed by atoms with van der Waals surface area (Å²) in [6.45, 7) is 9.66. The number of pyridine rings is 2. The van der Waals surface area contributed by atoms with Gasteiger partial charge in [0.1, 0.15) is 5.82 Å². The Morgan fingerprint density at radius 3 is 2.75 bits per heavy atom. The molecule has 0 saturated heterocycles. The van der Waals surface area contributed by atoms with E-state index in [2.05, 4.69) is 32.5 Å². The van der Waals surface area contributed by atoms with Crippen molar-refractivity contribution in [3.63, 3.8) is 0 Å². The minimum absolute atomic E-state index is 0.100. The standard InChI is InChI=1S/C25H26FN5O/c1-5-18-11-19(14-29-25(18)26)20-12-21-15-31(9-7-22(21)28-13-20)17(3)16(2)10-23-27-8-6-24(32)30(23)4/h6,8,10-14H,3,5,7,9,15H2,1-2,4H3/b16-10-. The number of halogens is 1. The summed E-state index contributed by atoms with van der Waals surface area (Å²) in [5, 5.41) is 0. The van der Waals surface area contributed by atoms with E-state index in [4.69, 9.17) is 0 Å². The lowest BCUT2D eigenvalue weighted by molar-refractivity contribution is 0.326. The summed E-state index contributed by atoms with van der Waals surface area (Å²) in [6.07, 6.45) is 8.19. The Bertz CT molecular complexity index is 1280. The van der Waals surface area contributed by atoms with E-state index < -0.39 is 5.95 Å². The Morgan fingerprint density at radius 1 is 1.22 bits per heavy atom. The number of rotatable bonds is 5. The van der Waals surface area contributed by atoms with Gasteiger partial charge in [-0.3, -0.25) is 14.3 Å². The van der Waals surface area contributed by atoms with Crippen LogP contribution >= 0.6 is 0 Å². The molecule has 0 atom stereocenters. The quantitative estimate of drug-likeness (QED) is 0.453. The first-order valence-electron chi connectivity index (χ1n) is 10.6. The minimum atomic E-state index is -0.419. The summed E-state index contributed by atoms with van der Waals surface area (Å²) in [7, 11) is 1.70. The van der Waals surface area contributed by atoms with Gasteiger partial charge in [-0.1, -0.05) is 13.5 Å². The zero-order valence-electron chi connectivity index (χ0n) is 18.6. The molecule has 1 aliphatic heterocycles. The molecule has 4 heterocycles. The summed E-state index contributed by atoms with van der Waals surface area (Å²) < 4.78 is 15.3. The molecule has 0 saturated carbocycles. The van der Waals surface area contributed by atoms with Gasteiger partial charge >= 0.3 is 0 Å². The maximum atomic E-state index is 13.8. The van der Waals surface area contributed by atoms with Gasteiger partial charge < -0.3 is 4.90 Å². The number of aromatic nitrogens is 4. The Labute approximate surface area is 186 Å². The third kappa shape index (κ3) is 4.23. The van der Waals surface area contributed by atoms with Crippen molar-refractivity contribution < 1.29 is 4.39 Å². The van der Waals surface area contributed by atoms with E-state index in [1.54, 1.807) is 13.2 Å². The molecule has 7 heteroatoms. The summed E-state index contributed by atoms with van der Waals surface area (Å²) in [5.74, 6) is 0.172. The van der Waals surface area contributed by atoms with Crippen molar-refractivity contribution in [2.75, 3.05) is 6.54 Å². The second-order valence-electron chi connectivity index (χ2n) is 8.00. The Hall–Kier alpha value is -3.61. The van der Waals surface area contributed by atoms with Crippen LogP contribution in [0.2, 0.25) is 0 Å². The van der Waals surface area contributed by atoms with Gasteiger partial charge in [0.2, 0.25) is 5.95 Å². The molecule has 32 heavy (non-hydrogen) atoms. The van der Waals surface area contributed by atoms with Crippen molar-refractivity contribution in [2.24, 2.45) is 7.05 Å². The maximum Gasteiger partial charge on any atom is 0.253 e. The van der Waals surface area contributed by atoms with Gasteiger partial charge in [0, 0.05) is 79.3 Å². The molecule has 0 N–H and O–H groups in total. The summed E-state index contributed by atoms with van der Waals surface area (Å²) in [6, 6.07) is 5.39. The van der Waals surface area contributed by atoms with Crippen LogP contribution in [0.4, 0.5) is 4.39 Å². The third-order valence-electron chi connectivity index (χ3n) is 5.95. The van der Waals surface area contributed by atoms with Gasteiger partial charge in [0.25, 0.3) is 5.56 Å². The van der Waals surface area contributed by atoms with Crippen LogP contribution in [0.1, 0.15) is 36.5 Å². The minimum Gasteiger partial charge on any atom is -0.367 e. The number of allylic oxidation sites excluding steroid dienone is 1. The van der Waals surface area contributed by atoms with Crippen LogP contribution in [-0.4, -0.2) is 31.0 Å². The molecule has 1 aliphatic rings. The molecule has 0 spiro atoms.